The van der Waals surface area contributed by atoms with Crippen molar-refractivity contribution in [2.24, 2.45) is 9.98 Å². The third kappa shape index (κ3) is 5.65. The van der Waals surface area contributed by atoms with Gasteiger partial charge in [0, 0.05) is 10.0 Å². The van der Waals surface area contributed by atoms with Crippen molar-refractivity contribution >= 4 is 46.7 Å². The van der Waals surface area contributed by atoms with Crippen molar-refractivity contribution in [3.05, 3.63) is 57.6 Å². The van der Waals surface area contributed by atoms with Crippen LogP contribution in [-0.2, 0) is 9.59 Å². The fourth-order valence-corrected chi connectivity index (χ4v) is 1.94. The van der Waals surface area contributed by atoms with Gasteiger partial charge in [-0.05, 0) is 55.3 Å². The topological polar surface area (TPSA) is 58.9 Å². The van der Waals surface area contributed by atoms with E-state index < -0.39 is 0 Å². The van der Waals surface area contributed by atoms with Gasteiger partial charge in [0.15, 0.2) is 0 Å². The maximum Gasteiger partial charge on any atom is 0.240 e. The molecule has 0 aliphatic rings. The number of benzene rings is 2. The van der Waals surface area contributed by atoms with E-state index in [4.69, 9.17) is 23.2 Å². The lowest BCUT2D eigenvalue weighted by molar-refractivity contribution is 0.564. The van der Waals surface area contributed by atoms with Crippen LogP contribution < -0.4 is 0 Å². The summed E-state index contributed by atoms with van der Waals surface area (Å²) in [5.41, 5.74) is 2.98. The highest BCUT2D eigenvalue weighted by Gasteiger charge is 1.96. The lowest BCUT2D eigenvalue weighted by Gasteiger charge is -1.96. The number of isocyanates is 2. The largest absolute Gasteiger partial charge is 0.240 e. The van der Waals surface area contributed by atoms with Gasteiger partial charge >= 0.3 is 0 Å². The average Bonchev–Trinajstić information content (AvgIpc) is 2.47. The Kier molecular flexibility index (Phi) is 7.24. The summed E-state index contributed by atoms with van der Waals surface area (Å²) < 4.78 is 0. The summed E-state index contributed by atoms with van der Waals surface area (Å²) in [4.78, 5) is 26.7. The van der Waals surface area contributed by atoms with Crippen molar-refractivity contribution in [2.45, 2.75) is 13.8 Å². The van der Waals surface area contributed by atoms with E-state index in [0.717, 1.165) is 11.1 Å². The van der Waals surface area contributed by atoms with Crippen LogP contribution >= 0.6 is 23.2 Å². The summed E-state index contributed by atoms with van der Waals surface area (Å²) in [5, 5.41) is 1.22. The first-order chi connectivity index (χ1) is 10.5. The number of hydrogen-bond acceptors (Lipinski definition) is 4. The third-order valence-corrected chi connectivity index (χ3v) is 3.13. The van der Waals surface area contributed by atoms with Gasteiger partial charge in [-0.3, -0.25) is 0 Å². The minimum absolute atomic E-state index is 0.574. The summed E-state index contributed by atoms with van der Waals surface area (Å²) in [7, 11) is 0. The smallest absolute Gasteiger partial charge is 0.211 e. The van der Waals surface area contributed by atoms with Gasteiger partial charge < -0.3 is 0 Å². The molecule has 0 saturated carbocycles. The van der Waals surface area contributed by atoms with E-state index in [1.807, 2.05) is 13.8 Å². The molecule has 0 aliphatic carbocycles. The van der Waals surface area contributed by atoms with E-state index >= 15 is 0 Å². The summed E-state index contributed by atoms with van der Waals surface area (Å²) in [5.74, 6) is 0. The second kappa shape index (κ2) is 8.93. The summed E-state index contributed by atoms with van der Waals surface area (Å²) >= 11 is 11.3. The minimum atomic E-state index is 0.574. The number of aryl methyl sites for hydroxylation is 2. The fraction of sp³-hybridized carbons (Fsp3) is 0.125. The Hall–Kier alpha value is -2.22. The molecule has 2 aromatic carbocycles. The Bertz CT molecular complexity index is 763. The molecular weight excluding hydrogens is 323 g/mol. The van der Waals surface area contributed by atoms with Crippen LogP contribution in [-0.4, -0.2) is 12.2 Å². The molecule has 0 fully saturated rings. The Morgan fingerprint density at radius 1 is 0.773 bits per heavy atom. The first-order valence-electron chi connectivity index (χ1n) is 6.16. The van der Waals surface area contributed by atoms with E-state index in [2.05, 4.69) is 9.98 Å². The molecule has 0 aliphatic heterocycles. The van der Waals surface area contributed by atoms with Crippen LogP contribution in [0.25, 0.3) is 0 Å². The SMILES string of the molecule is Cc1cc(Cl)ccc1N=C=O.Cc1ccc(Cl)cc1N=C=O. The van der Waals surface area contributed by atoms with E-state index in [0.29, 0.717) is 21.4 Å². The van der Waals surface area contributed by atoms with Gasteiger partial charge in [-0.15, -0.1) is 0 Å². The van der Waals surface area contributed by atoms with Crippen molar-refractivity contribution in [2.75, 3.05) is 0 Å². The highest BCUT2D eigenvalue weighted by Crippen LogP contribution is 2.22. The van der Waals surface area contributed by atoms with E-state index in [1.165, 1.54) is 12.2 Å². The molecule has 0 atom stereocenters. The summed E-state index contributed by atoms with van der Waals surface area (Å²) in [6, 6.07) is 10.3. The molecule has 0 unspecified atom stereocenters. The van der Waals surface area contributed by atoms with Gasteiger partial charge in [0.1, 0.15) is 0 Å². The molecule has 0 aromatic heterocycles. The molecule has 2 rings (SSSR count). The third-order valence-electron chi connectivity index (χ3n) is 2.66. The first-order valence-corrected chi connectivity index (χ1v) is 6.91. The molecule has 0 saturated heterocycles. The predicted molar refractivity (Wildman–Crippen MR) is 87.9 cm³/mol. The van der Waals surface area contributed by atoms with Crippen LogP contribution in [0.15, 0.2) is 46.4 Å². The average molecular weight is 335 g/mol. The molecule has 0 bridgehead atoms. The number of aliphatic imine (C=N–C) groups is 2. The van der Waals surface area contributed by atoms with Crippen molar-refractivity contribution in [1.29, 1.82) is 0 Å². The molecular formula is C16H12Cl2N2O2. The summed E-state index contributed by atoms with van der Waals surface area (Å²) in [6.45, 7) is 3.69. The van der Waals surface area contributed by atoms with Crippen molar-refractivity contribution in [3.63, 3.8) is 0 Å². The molecule has 2 aromatic rings. The Balaban J connectivity index is 0.000000220. The van der Waals surface area contributed by atoms with E-state index in [1.54, 1.807) is 36.4 Å². The summed E-state index contributed by atoms with van der Waals surface area (Å²) in [6.07, 6.45) is 2.94. The molecule has 6 heteroatoms. The second-order valence-electron chi connectivity index (χ2n) is 4.27. The number of rotatable bonds is 2. The molecule has 4 nitrogen and oxygen atoms in total. The van der Waals surface area contributed by atoms with Crippen molar-refractivity contribution in [3.8, 4) is 0 Å². The van der Waals surface area contributed by atoms with Crippen LogP contribution in [0.4, 0.5) is 11.4 Å². The van der Waals surface area contributed by atoms with Gasteiger partial charge in [0.05, 0.1) is 11.4 Å². The Labute approximate surface area is 138 Å². The molecule has 0 N–H and O–H groups in total. The van der Waals surface area contributed by atoms with Gasteiger partial charge in [-0.25, -0.2) is 9.59 Å². The number of carbonyl (C=O) groups excluding carboxylic acids is 2. The fourth-order valence-electron chi connectivity index (χ4n) is 1.55. The van der Waals surface area contributed by atoms with Crippen LogP contribution in [0, 0.1) is 13.8 Å². The Morgan fingerprint density at radius 2 is 1.32 bits per heavy atom. The van der Waals surface area contributed by atoms with Crippen LogP contribution in [0.3, 0.4) is 0 Å². The quantitative estimate of drug-likeness (QED) is 0.557. The van der Waals surface area contributed by atoms with Crippen LogP contribution in [0.2, 0.25) is 10.0 Å². The van der Waals surface area contributed by atoms with Gasteiger partial charge in [-0.1, -0.05) is 29.3 Å². The first kappa shape index (κ1) is 17.8. The van der Waals surface area contributed by atoms with Crippen molar-refractivity contribution in [1.82, 2.24) is 0 Å². The number of halogens is 2. The van der Waals surface area contributed by atoms with Gasteiger partial charge in [0.2, 0.25) is 12.2 Å². The molecule has 0 radical (unpaired) electrons. The number of hydrogen-bond donors (Lipinski definition) is 0. The zero-order chi connectivity index (χ0) is 16.5. The monoisotopic (exact) mass is 334 g/mol. The maximum absolute atomic E-state index is 9.90. The van der Waals surface area contributed by atoms with Crippen LogP contribution in [0.5, 0.6) is 0 Å². The number of nitrogens with zero attached hydrogens (tertiary/aromatic N) is 2. The lowest BCUT2D eigenvalue weighted by Crippen LogP contribution is -1.73. The normalized spacial score (nSPS) is 8.91. The standard InChI is InChI=1S/2C8H6ClNO/c1-6-4-7(9)2-3-8(6)10-5-11;1-6-2-3-7(9)4-8(6)10-5-11/h2*2-4H,1H3. The van der Waals surface area contributed by atoms with Crippen molar-refractivity contribution < 1.29 is 9.59 Å². The van der Waals surface area contributed by atoms with Crippen LogP contribution in [0.1, 0.15) is 11.1 Å². The molecule has 0 spiro atoms. The molecule has 112 valence electrons. The van der Waals surface area contributed by atoms with E-state index in [9.17, 15) is 9.59 Å². The highest BCUT2D eigenvalue weighted by atomic mass is 35.5. The second-order valence-corrected chi connectivity index (χ2v) is 5.14. The maximum atomic E-state index is 9.90. The highest BCUT2D eigenvalue weighted by molar-refractivity contribution is 6.31. The zero-order valence-electron chi connectivity index (χ0n) is 11.9. The predicted octanol–water partition coefficient (Wildman–Crippen LogP) is 5.23. The molecule has 0 amide bonds. The zero-order valence-corrected chi connectivity index (χ0v) is 13.4. The van der Waals surface area contributed by atoms with Gasteiger partial charge in [-0.2, -0.15) is 9.98 Å². The Morgan fingerprint density at radius 3 is 1.91 bits per heavy atom. The molecule has 22 heavy (non-hydrogen) atoms. The van der Waals surface area contributed by atoms with E-state index in [-0.39, 0.29) is 0 Å². The molecule has 0 heterocycles. The lowest BCUT2D eigenvalue weighted by atomic mass is 10.2. The van der Waals surface area contributed by atoms with Gasteiger partial charge in [0.25, 0.3) is 0 Å². The minimum Gasteiger partial charge on any atom is -0.211 e.